The van der Waals surface area contributed by atoms with Gasteiger partial charge in [-0.25, -0.2) is 4.57 Å². The van der Waals surface area contributed by atoms with E-state index in [1.165, 1.54) is 70.8 Å². The van der Waals surface area contributed by atoms with E-state index in [-0.39, 0.29) is 0 Å². The smallest absolute Gasteiger partial charge is 0.200 e. The van der Waals surface area contributed by atoms with Crippen LogP contribution in [0.25, 0.3) is 33.2 Å². The summed E-state index contributed by atoms with van der Waals surface area (Å²) in [6, 6.07) is 27.3. The average molecular weight is 451 g/mol. The summed E-state index contributed by atoms with van der Waals surface area (Å²) in [6.45, 7) is 7.44. The van der Waals surface area contributed by atoms with Crippen molar-refractivity contribution < 1.29 is 4.57 Å². The lowest BCUT2D eigenvalue weighted by Gasteiger charge is -2.36. The van der Waals surface area contributed by atoms with Gasteiger partial charge in [0.15, 0.2) is 6.20 Å². The molecule has 168 valence electrons. The molecule has 1 saturated carbocycles. The van der Waals surface area contributed by atoms with Crippen molar-refractivity contribution in [2.75, 3.05) is 0 Å². The van der Waals surface area contributed by atoms with E-state index in [2.05, 4.69) is 111 Å². The number of hydrogen-bond donors (Lipinski definition) is 0. The molecule has 33 heavy (non-hydrogen) atoms. The second-order valence-corrected chi connectivity index (χ2v) is 15.4. The molecule has 2 heteroatoms. The number of nitrogens with zero attached hydrogens (tertiary/aromatic N) is 1. The first-order valence-electron chi connectivity index (χ1n) is 12.5. The van der Waals surface area contributed by atoms with E-state index in [0.717, 1.165) is 5.54 Å². The Morgan fingerprint density at radius 1 is 0.788 bits per heavy atom. The van der Waals surface area contributed by atoms with E-state index in [4.69, 9.17) is 0 Å². The molecular weight excluding hydrogens is 414 g/mol. The molecular formula is C31H36NSi+. The maximum atomic E-state index is 2.60. The Morgan fingerprint density at radius 3 is 2.27 bits per heavy atom. The summed E-state index contributed by atoms with van der Waals surface area (Å²) in [5, 5.41) is 4.36. The number of aromatic nitrogens is 1. The molecule has 0 saturated heterocycles. The van der Waals surface area contributed by atoms with Gasteiger partial charge in [0.1, 0.15) is 7.05 Å². The molecule has 5 rings (SSSR count). The lowest BCUT2D eigenvalue weighted by atomic mass is 9.95. The molecule has 1 aliphatic rings. The Hall–Kier alpha value is -2.71. The quantitative estimate of drug-likeness (QED) is 0.223. The number of fused-ring (bicyclic) bond motifs is 1. The standard InChI is InChI=1S/C31H36NSi/c1-23-21-25(24-11-7-5-8-12-24)15-17-29(23)31-30-18-16-28(22-26(30)19-20-32(31)2)33(3,4)27-13-9-6-10-14-27/h5,7-8,11-12,15-22,27H,6,9-10,13-14H2,1-4H3/q+1. The van der Waals surface area contributed by atoms with Gasteiger partial charge in [-0.3, -0.25) is 0 Å². The van der Waals surface area contributed by atoms with Crippen molar-refractivity contribution in [2.24, 2.45) is 7.05 Å². The van der Waals surface area contributed by atoms with E-state index in [0.29, 0.717) is 0 Å². The molecule has 0 N–H and O–H groups in total. The van der Waals surface area contributed by atoms with E-state index in [1.54, 1.807) is 5.19 Å². The second-order valence-electron chi connectivity index (χ2n) is 10.5. The Morgan fingerprint density at radius 2 is 1.55 bits per heavy atom. The highest BCUT2D eigenvalue weighted by atomic mass is 28.3. The van der Waals surface area contributed by atoms with Crippen LogP contribution in [0.1, 0.15) is 37.7 Å². The molecule has 0 unspecified atom stereocenters. The minimum Gasteiger partial charge on any atom is -0.200 e. The molecule has 0 aliphatic heterocycles. The molecule has 1 fully saturated rings. The van der Waals surface area contributed by atoms with Gasteiger partial charge in [-0.1, -0.05) is 105 Å². The first-order chi connectivity index (χ1) is 15.9. The van der Waals surface area contributed by atoms with Crippen LogP contribution in [-0.2, 0) is 7.05 Å². The van der Waals surface area contributed by atoms with Crippen molar-refractivity contribution in [3.05, 3.63) is 84.6 Å². The van der Waals surface area contributed by atoms with Crippen LogP contribution in [0.2, 0.25) is 18.6 Å². The van der Waals surface area contributed by atoms with E-state index < -0.39 is 8.07 Å². The van der Waals surface area contributed by atoms with E-state index in [1.807, 2.05) is 0 Å². The van der Waals surface area contributed by atoms with Gasteiger partial charge < -0.3 is 0 Å². The van der Waals surface area contributed by atoms with Gasteiger partial charge in [0, 0.05) is 11.6 Å². The molecule has 1 heterocycles. The molecule has 0 radical (unpaired) electrons. The Balaban J connectivity index is 1.57. The van der Waals surface area contributed by atoms with Crippen molar-refractivity contribution in [3.63, 3.8) is 0 Å². The third-order valence-corrected chi connectivity index (χ3v) is 12.5. The molecule has 0 bridgehead atoms. The van der Waals surface area contributed by atoms with Crippen molar-refractivity contribution >= 4 is 24.0 Å². The SMILES string of the molecule is Cc1cc(-c2ccccc2)ccc1-c1c2ccc([Si](C)(C)C3CCCCC3)cc2cc[n+]1C. The molecule has 3 aromatic carbocycles. The minimum atomic E-state index is -1.47. The predicted octanol–water partition coefficient (Wildman–Crippen LogP) is 7.56. The molecule has 1 nitrogen and oxygen atoms in total. The van der Waals surface area contributed by atoms with Gasteiger partial charge >= 0.3 is 0 Å². The number of aryl methyl sites for hydroxylation is 2. The predicted molar refractivity (Wildman–Crippen MR) is 145 cm³/mol. The van der Waals surface area contributed by atoms with Gasteiger partial charge in [0.05, 0.1) is 13.5 Å². The topological polar surface area (TPSA) is 3.88 Å². The zero-order chi connectivity index (χ0) is 23.0. The van der Waals surface area contributed by atoms with E-state index >= 15 is 0 Å². The monoisotopic (exact) mass is 450 g/mol. The fourth-order valence-corrected chi connectivity index (χ4v) is 9.27. The molecule has 4 aromatic rings. The lowest BCUT2D eigenvalue weighted by molar-refractivity contribution is -0.659. The summed E-state index contributed by atoms with van der Waals surface area (Å²) in [4.78, 5) is 0. The van der Waals surface area contributed by atoms with Crippen molar-refractivity contribution in [3.8, 4) is 22.4 Å². The van der Waals surface area contributed by atoms with Crippen LogP contribution in [0, 0.1) is 6.92 Å². The summed E-state index contributed by atoms with van der Waals surface area (Å²) in [7, 11) is 0.706. The summed E-state index contributed by atoms with van der Waals surface area (Å²) in [5.41, 5.74) is 7.43. The van der Waals surface area contributed by atoms with Crippen LogP contribution in [-0.4, -0.2) is 8.07 Å². The Bertz CT molecular complexity index is 1280. The summed E-state index contributed by atoms with van der Waals surface area (Å²) in [5.74, 6) is 0. The van der Waals surface area contributed by atoms with Crippen LogP contribution in [0.3, 0.4) is 0 Å². The lowest BCUT2D eigenvalue weighted by Crippen LogP contribution is -2.46. The highest BCUT2D eigenvalue weighted by Crippen LogP contribution is 2.37. The summed E-state index contributed by atoms with van der Waals surface area (Å²) < 4.78 is 2.29. The molecule has 0 spiro atoms. The van der Waals surface area contributed by atoms with Crippen molar-refractivity contribution in [1.29, 1.82) is 0 Å². The van der Waals surface area contributed by atoms with Gasteiger partial charge in [0.2, 0.25) is 5.69 Å². The van der Waals surface area contributed by atoms with Gasteiger partial charge in [-0.05, 0) is 46.7 Å². The van der Waals surface area contributed by atoms with Crippen LogP contribution in [0.5, 0.6) is 0 Å². The van der Waals surface area contributed by atoms with Crippen molar-refractivity contribution in [1.82, 2.24) is 0 Å². The third-order valence-electron chi connectivity index (χ3n) is 8.10. The Labute approximate surface area is 200 Å². The van der Waals surface area contributed by atoms with Crippen LogP contribution in [0.15, 0.2) is 79.0 Å². The largest absolute Gasteiger partial charge is 0.220 e. The number of rotatable bonds is 4. The summed E-state index contributed by atoms with van der Waals surface area (Å²) >= 11 is 0. The third kappa shape index (κ3) is 4.17. The first kappa shape index (κ1) is 22.1. The first-order valence-corrected chi connectivity index (χ1v) is 15.6. The fourth-order valence-electron chi connectivity index (χ4n) is 5.91. The second kappa shape index (κ2) is 8.91. The molecule has 0 amide bonds. The maximum Gasteiger partial charge on any atom is 0.220 e. The summed E-state index contributed by atoms with van der Waals surface area (Å²) in [6.07, 6.45) is 9.38. The van der Waals surface area contributed by atoms with Gasteiger partial charge in [0.25, 0.3) is 0 Å². The average Bonchev–Trinajstić information content (AvgIpc) is 2.85. The Kier molecular flexibility index (Phi) is 5.97. The minimum absolute atomic E-state index is 0.927. The molecule has 0 atom stereocenters. The number of benzene rings is 3. The molecule has 1 aliphatic carbocycles. The zero-order valence-electron chi connectivity index (χ0n) is 20.6. The number of pyridine rings is 1. The maximum absolute atomic E-state index is 2.60. The van der Waals surface area contributed by atoms with Crippen LogP contribution >= 0.6 is 0 Å². The van der Waals surface area contributed by atoms with E-state index in [9.17, 15) is 0 Å². The number of hydrogen-bond acceptors (Lipinski definition) is 0. The van der Waals surface area contributed by atoms with Crippen LogP contribution < -0.4 is 9.75 Å². The molecule has 1 aromatic heterocycles. The normalized spacial score (nSPS) is 15.2. The van der Waals surface area contributed by atoms with Crippen LogP contribution in [0.4, 0.5) is 0 Å². The van der Waals surface area contributed by atoms with Gasteiger partial charge in [-0.2, -0.15) is 0 Å². The zero-order valence-corrected chi connectivity index (χ0v) is 21.6. The van der Waals surface area contributed by atoms with Gasteiger partial charge in [-0.15, -0.1) is 0 Å². The van der Waals surface area contributed by atoms with Crippen molar-refractivity contribution in [2.45, 2.75) is 57.7 Å². The fraction of sp³-hybridized carbons (Fsp3) is 0.323. The highest BCUT2D eigenvalue weighted by molar-refractivity contribution is 6.91. The highest BCUT2D eigenvalue weighted by Gasteiger charge is 2.34.